The van der Waals surface area contributed by atoms with Crippen LogP contribution in [0.3, 0.4) is 0 Å². The molecule has 54 heavy (non-hydrogen) atoms. The minimum Gasteiger partial charge on any atom is -0.462 e. The molecule has 9 nitrogen and oxygen atoms in total. The number of unbranched alkanes of at least 4 members (excludes halogenated alkanes) is 25. The van der Waals surface area contributed by atoms with Crippen molar-refractivity contribution in [3.05, 3.63) is 12.2 Å². The second kappa shape index (κ2) is 37.3. The van der Waals surface area contributed by atoms with Gasteiger partial charge in [0.25, 0.3) is 0 Å². The van der Waals surface area contributed by atoms with Gasteiger partial charge in [-0.1, -0.05) is 167 Å². The lowest BCUT2D eigenvalue weighted by Crippen LogP contribution is -2.37. The molecule has 320 valence electrons. The first-order chi connectivity index (χ1) is 26.0. The minimum absolute atomic E-state index is 0.0327. The molecular formula is C44H87NO8P+. The molecule has 0 aliphatic rings. The molecule has 1 N–H and O–H groups in total. The number of carbonyl (C=O) groups excluding carboxylic acids is 2. The van der Waals surface area contributed by atoms with E-state index in [1.165, 1.54) is 128 Å². The van der Waals surface area contributed by atoms with Gasteiger partial charge in [-0.3, -0.25) is 18.6 Å². The highest BCUT2D eigenvalue weighted by Crippen LogP contribution is 2.43. The summed E-state index contributed by atoms with van der Waals surface area (Å²) in [5.41, 5.74) is 0. The second-order valence-corrected chi connectivity index (χ2v) is 17.9. The molecule has 0 saturated heterocycles. The molecule has 2 atom stereocenters. The van der Waals surface area contributed by atoms with Gasteiger partial charge in [-0.15, -0.1) is 0 Å². The summed E-state index contributed by atoms with van der Waals surface area (Å²) < 4.78 is 34.3. The Morgan fingerprint density at radius 3 is 1.39 bits per heavy atom. The fraction of sp³-hybridized carbons (Fsp3) is 0.909. The van der Waals surface area contributed by atoms with E-state index in [2.05, 4.69) is 26.0 Å². The van der Waals surface area contributed by atoms with Gasteiger partial charge < -0.3 is 18.9 Å². The van der Waals surface area contributed by atoms with E-state index in [1.54, 1.807) is 0 Å². The van der Waals surface area contributed by atoms with E-state index in [9.17, 15) is 19.0 Å². The van der Waals surface area contributed by atoms with Gasteiger partial charge in [-0.25, -0.2) is 4.57 Å². The summed E-state index contributed by atoms with van der Waals surface area (Å²) in [5, 5.41) is 0. The first-order valence-electron chi connectivity index (χ1n) is 22.4. The van der Waals surface area contributed by atoms with Crippen molar-refractivity contribution in [1.82, 2.24) is 0 Å². The molecule has 0 amide bonds. The monoisotopic (exact) mass is 789 g/mol. The quantitative estimate of drug-likeness (QED) is 0.0214. The van der Waals surface area contributed by atoms with Crippen molar-refractivity contribution >= 4 is 19.8 Å². The average molecular weight is 789 g/mol. The molecule has 1 unspecified atom stereocenters. The Hall–Kier alpha value is -1.25. The van der Waals surface area contributed by atoms with Crippen LogP contribution in [0.15, 0.2) is 12.2 Å². The fourth-order valence-corrected chi connectivity index (χ4v) is 6.99. The van der Waals surface area contributed by atoms with Crippen molar-refractivity contribution in [2.45, 2.75) is 213 Å². The molecule has 0 heterocycles. The van der Waals surface area contributed by atoms with Crippen molar-refractivity contribution in [3.8, 4) is 0 Å². The van der Waals surface area contributed by atoms with Crippen molar-refractivity contribution in [1.29, 1.82) is 0 Å². The number of hydrogen-bond donors (Lipinski definition) is 1. The Morgan fingerprint density at radius 2 is 0.944 bits per heavy atom. The lowest BCUT2D eigenvalue weighted by Gasteiger charge is -2.24. The van der Waals surface area contributed by atoms with Crippen LogP contribution in [0.2, 0.25) is 0 Å². The van der Waals surface area contributed by atoms with Crippen LogP contribution in [0, 0.1) is 0 Å². The molecule has 10 heteroatoms. The summed E-state index contributed by atoms with van der Waals surface area (Å²) in [6, 6.07) is 0. The smallest absolute Gasteiger partial charge is 0.462 e. The number of rotatable bonds is 41. The maximum Gasteiger partial charge on any atom is 0.472 e. The number of ether oxygens (including phenoxy) is 2. The summed E-state index contributed by atoms with van der Waals surface area (Å²) in [4.78, 5) is 35.3. The van der Waals surface area contributed by atoms with E-state index in [4.69, 9.17) is 18.5 Å². The van der Waals surface area contributed by atoms with Gasteiger partial charge in [0.2, 0.25) is 0 Å². The number of nitrogens with zero attached hydrogens (tertiary/aromatic N) is 1. The Labute approximate surface area is 333 Å². The highest BCUT2D eigenvalue weighted by atomic mass is 31.2. The van der Waals surface area contributed by atoms with E-state index in [0.29, 0.717) is 17.4 Å². The zero-order valence-corrected chi connectivity index (χ0v) is 36.9. The molecule has 0 aromatic rings. The van der Waals surface area contributed by atoms with Crippen LogP contribution in [0.5, 0.6) is 0 Å². The zero-order valence-electron chi connectivity index (χ0n) is 36.0. The lowest BCUT2D eigenvalue weighted by atomic mass is 10.0. The maximum absolute atomic E-state index is 12.7. The third kappa shape index (κ3) is 40.4. The van der Waals surface area contributed by atoms with Crippen LogP contribution >= 0.6 is 7.82 Å². The first kappa shape index (κ1) is 52.8. The number of quaternary nitrogens is 1. The topological polar surface area (TPSA) is 108 Å². The maximum atomic E-state index is 12.7. The SMILES string of the molecule is CCCCCCCCCC/C=C/CCCCCC(=O)OC[C@H](COP(=O)(O)OCC[N+](C)(C)C)OC(=O)CCCCCCCCCCCCCCCCC. The Balaban J connectivity index is 4.35. The lowest BCUT2D eigenvalue weighted by molar-refractivity contribution is -0.870. The average Bonchev–Trinajstić information content (AvgIpc) is 3.12. The molecule has 0 bridgehead atoms. The summed E-state index contributed by atoms with van der Waals surface area (Å²) in [5.74, 6) is -0.807. The molecule has 0 saturated carbocycles. The van der Waals surface area contributed by atoms with Crippen molar-refractivity contribution in [3.63, 3.8) is 0 Å². The highest BCUT2D eigenvalue weighted by Gasteiger charge is 2.27. The van der Waals surface area contributed by atoms with Gasteiger partial charge in [0.05, 0.1) is 27.7 Å². The number of phosphoric acid groups is 1. The number of phosphoric ester groups is 1. The van der Waals surface area contributed by atoms with E-state index in [0.717, 1.165) is 44.9 Å². The van der Waals surface area contributed by atoms with Gasteiger partial charge >= 0.3 is 19.8 Å². The summed E-state index contributed by atoms with van der Waals surface area (Å²) >= 11 is 0. The number of likely N-dealkylation sites (N-methyl/N-ethyl adjacent to an activating group) is 1. The minimum atomic E-state index is -4.37. The largest absolute Gasteiger partial charge is 0.472 e. The summed E-state index contributed by atoms with van der Waals surface area (Å²) in [6.07, 6.45) is 38.2. The van der Waals surface area contributed by atoms with Crippen molar-refractivity contribution in [2.24, 2.45) is 0 Å². The first-order valence-corrected chi connectivity index (χ1v) is 23.9. The fourth-order valence-electron chi connectivity index (χ4n) is 6.24. The Morgan fingerprint density at radius 1 is 0.556 bits per heavy atom. The zero-order chi connectivity index (χ0) is 40.0. The van der Waals surface area contributed by atoms with Crippen molar-refractivity contribution < 1.29 is 42.1 Å². The van der Waals surface area contributed by atoms with Crippen LogP contribution in [0.4, 0.5) is 0 Å². The number of esters is 2. The molecule has 0 aromatic heterocycles. The second-order valence-electron chi connectivity index (χ2n) is 16.4. The van der Waals surface area contributed by atoms with Gasteiger partial charge in [0.1, 0.15) is 19.8 Å². The van der Waals surface area contributed by atoms with Crippen LogP contribution in [0.1, 0.15) is 206 Å². The molecule has 0 rings (SSSR count). The van der Waals surface area contributed by atoms with E-state index >= 15 is 0 Å². The summed E-state index contributed by atoms with van der Waals surface area (Å²) in [6.45, 7) is 4.43. The van der Waals surface area contributed by atoms with Crippen LogP contribution in [0.25, 0.3) is 0 Å². The van der Waals surface area contributed by atoms with Crippen LogP contribution in [-0.2, 0) is 32.7 Å². The number of carbonyl (C=O) groups is 2. The standard InChI is InChI=1S/C44H86NO8P/c1-6-8-10-12-14-16-18-20-22-24-26-28-30-32-34-36-43(46)50-40-42(41-52-54(48,49)51-39-38-45(3,4)5)53-44(47)37-35-33-31-29-27-25-23-21-19-17-15-13-11-9-7-2/h24,26,42H,6-23,25,27-41H2,1-5H3/p+1/b26-24+/t42-/m1/s1. The molecule has 0 spiro atoms. The van der Waals surface area contributed by atoms with Gasteiger partial charge in [0, 0.05) is 12.8 Å². The van der Waals surface area contributed by atoms with Crippen LogP contribution in [-0.4, -0.2) is 74.9 Å². The highest BCUT2D eigenvalue weighted by molar-refractivity contribution is 7.47. The van der Waals surface area contributed by atoms with E-state index < -0.39 is 26.5 Å². The molecular weight excluding hydrogens is 701 g/mol. The van der Waals surface area contributed by atoms with Crippen LogP contribution < -0.4 is 0 Å². The predicted molar refractivity (Wildman–Crippen MR) is 224 cm³/mol. The molecule has 0 aliphatic heterocycles. The predicted octanol–water partition coefficient (Wildman–Crippen LogP) is 12.6. The normalized spacial score (nSPS) is 13.7. The molecule has 0 aromatic carbocycles. The number of allylic oxidation sites excluding steroid dienone is 2. The molecule has 0 radical (unpaired) electrons. The summed E-state index contributed by atoms with van der Waals surface area (Å²) in [7, 11) is 1.48. The Bertz CT molecular complexity index is 938. The van der Waals surface area contributed by atoms with E-state index in [1.807, 2.05) is 21.1 Å². The third-order valence-corrected chi connectivity index (χ3v) is 10.8. The van der Waals surface area contributed by atoms with Gasteiger partial charge in [-0.05, 0) is 38.5 Å². The van der Waals surface area contributed by atoms with Gasteiger partial charge in [0.15, 0.2) is 6.10 Å². The van der Waals surface area contributed by atoms with Gasteiger partial charge in [-0.2, -0.15) is 0 Å². The molecule has 0 fully saturated rings. The number of hydrogen-bond acceptors (Lipinski definition) is 7. The molecule has 0 aliphatic carbocycles. The Kier molecular flexibility index (Phi) is 36.5. The van der Waals surface area contributed by atoms with E-state index in [-0.39, 0.29) is 32.0 Å². The van der Waals surface area contributed by atoms with Crippen molar-refractivity contribution in [2.75, 3.05) is 47.5 Å². The third-order valence-electron chi connectivity index (χ3n) is 9.80.